The Kier molecular flexibility index (Phi) is 4.95. The van der Waals surface area contributed by atoms with Crippen molar-refractivity contribution in [1.82, 2.24) is 9.97 Å². The van der Waals surface area contributed by atoms with Gasteiger partial charge in [0, 0.05) is 12.6 Å². The van der Waals surface area contributed by atoms with E-state index in [9.17, 15) is 13.2 Å². The van der Waals surface area contributed by atoms with Crippen LogP contribution in [0.1, 0.15) is 11.1 Å². The van der Waals surface area contributed by atoms with Crippen molar-refractivity contribution < 1.29 is 13.2 Å². The van der Waals surface area contributed by atoms with Crippen molar-refractivity contribution in [2.45, 2.75) is 17.9 Å². The average molecular weight is 334 g/mol. The predicted octanol–water partition coefficient (Wildman–Crippen LogP) is 4.48. The van der Waals surface area contributed by atoms with Crippen molar-refractivity contribution in [2.75, 3.05) is 11.6 Å². The van der Waals surface area contributed by atoms with Crippen LogP contribution >= 0.6 is 23.4 Å². The summed E-state index contributed by atoms with van der Waals surface area (Å²) in [6, 6.07) is 6.65. The molecule has 2 aromatic rings. The summed E-state index contributed by atoms with van der Waals surface area (Å²) in [5.74, 6) is 0.469. The van der Waals surface area contributed by atoms with Crippen molar-refractivity contribution in [3.05, 3.63) is 46.6 Å². The Balaban J connectivity index is 2.11. The zero-order valence-corrected chi connectivity index (χ0v) is 12.5. The first kappa shape index (κ1) is 15.9. The number of hydrogen-bond acceptors (Lipinski definition) is 4. The van der Waals surface area contributed by atoms with Gasteiger partial charge in [0.15, 0.2) is 5.16 Å². The molecule has 1 N–H and O–H groups in total. The minimum absolute atomic E-state index is 0.213. The lowest BCUT2D eigenvalue weighted by atomic mass is 10.1. The second-order valence-electron chi connectivity index (χ2n) is 4.11. The number of anilines is 1. The van der Waals surface area contributed by atoms with E-state index in [-0.39, 0.29) is 11.7 Å². The topological polar surface area (TPSA) is 37.8 Å². The molecule has 0 atom stereocenters. The van der Waals surface area contributed by atoms with Gasteiger partial charge in [-0.15, -0.1) is 0 Å². The van der Waals surface area contributed by atoms with Crippen LogP contribution in [0, 0.1) is 0 Å². The van der Waals surface area contributed by atoms with E-state index in [1.807, 2.05) is 6.26 Å². The Hall–Kier alpha value is -1.47. The van der Waals surface area contributed by atoms with Crippen molar-refractivity contribution in [2.24, 2.45) is 0 Å². The molecule has 0 saturated heterocycles. The Labute approximate surface area is 128 Å². The molecule has 0 aliphatic carbocycles. The highest BCUT2D eigenvalue weighted by molar-refractivity contribution is 7.98. The summed E-state index contributed by atoms with van der Waals surface area (Å²) in [5.41, 5.74) is -0.169. The van der Waals surface area contributed by atoms with Crippen LogP contribution in [0.5, 0.6) is 0 Å². The van der Waals surface area contributed by atoms with Crippen LogP contribution < -0.4 is 5.32 Å². The molecule has 8 heteroatoms. The zero-order chi connectivity index (χ0) is 15.5. The zero-order valence-electron chi connectivity index (χ0n) is 10.9. The van der Waals surface area contributed by atoms with Gasteiger partial charge in [0.25, 0.3) is 0 Å². The largest absolute Gasteiger partial charge is 0.416 e. The van der Waals surface area contributed by atoms with Crippen LogP contribution in [0.3, 0.4) is 0 Å². The van der Waals surface area contributed by atoms with Gasteiger partial charge in [-0.3, -0.25) is 0 Å². The average Bonchev–Trinajstić information content (AvgIpc) is 2.44. The maximum Gasteiger partial charge on any atom is 0.416 e. The fraction of sp³-hybridized carbons (Fsp3) is 0.231. The van der Waals surface area contributed by atoms with E-state index in [0.717, 1.165) is 12.1 Å². The number of thioether (sulfide) groups is 1. The molecule has 112 valence electrons. The smallest absolute Gasteiger partial charge is 0.366 e. The summed E-state index contributed by atoms with van der Waals surface area (Å²) in [6.07, 6.45) is -2.54. The molecule has 1 aromatic heterocycles. The summed E-state index contributed by atoms with van der Waals surface area (Å²) in [5, 5.41) is 3.71. The molecule has 3 nitrogen and oxygen atoms in total. The molecule has 0 bridgehead atoms. The van der Waals surface area contributed by atoms with Gasteiger partial charge in [0.2, 0.25) is 0 Å². The van der Waals surface area contributed by atoms with Crippen LogP contribution in [0.2, 0.25) is 5.15 Å². The van der Waals surface area contributed by atoms with E-state index in [1.54, 1.807) is 6.07 Å². The van der Waals surface area contributed by atoms with Gasteiger partial charge in [0.05, 0.1) is 5.56 Å². The van der Waals surface area contributed by atoms with Crippen LogP contribution in [0.4, 0.5) is 19.0 Å². The summed E-state index contributed by atoms with van der Waals surface area (Å²) in [7, 11) is 0. The number of nitrogens with zero attached hydrogens (tertiary/aromatic N) is 2. The molecule has 2 rings (SSSR count). The van der Waals surface area contributed by atoms with E-state index in [4.69, 9.17) is 11.6 Å². The number of benzene rings is 1. The van der Waals surface area contributed by atoms with Crippen molar-refractivity contribution in [1.29, 1.82) is 0 Å². The van der Waals surface area contributed by atoms with E-state index in [2.05, 4.69) is 15.3 Å². The third-order valence-corrected chi connectivity index (χ3v) is 3.33. The van der Waals surface area contributed by atoms with Crippen LogP contribution in [-0.4, -0.2) is 16.2 Å². The van der Waals surface area contributed by atoms with Crippen LogP contribution in [0.25, 0.3) is 0 Å². The van der Waals surface area contributed by atoms with E-state index in [0.29, 0.717) is 16.5 Å². The normalized spacial score (nSPS) is 11.5. The fourth-order valence-corrected chi connectivity index (χ4v) is 2.24. The third-order valence-electron chi connectivity index (χ3n) is 2.58. The summed E-state index contributed by atoms with van der Waals surface area (Å²) in [6.45, 7) is 0.213. The minimum atomic E-state index is -4.35. The second-order valence-corrected chi connectivity index (χ2v) is 5.27. The Morgan fingerprint density at radius 2 is 2.00 bits per heavy atom. The molecule has 1 heterocycles. The molecule has 0 unspecified atom stereocenters. The lowest BCUT2D eigenvalue weighted by Gasteiger charge is -2.10. The van der Waals surface area contributed by atoms with Crippen molar-refractivity contribution in [3.8, 4) is 0 Å². The molecule has 21 heavy (non-hydrogen) atoms. The fourth-order valence-electron chi connectivity index (χ4n) is 1.63. The van der Waals surface area contributed by atoms with E-state index < -0.39 is 11.7 Å². The van der Waals surface area contributed by atoms with Crippen molar-refractivity contribution in [3.63, 3.8) is 0 Å². The van der Waals surface area contributed by atoms with Gasteiger partial charge in [0.1, 0.15) is 11.0 Å². The van der Waals surface area contributed by atoms with Gasteiger partial charge in [-0.2, -0.15) is 13.2 Å². The van der Waals surface area contributed by atoms with E-state index >= 15 is 0 Å². The lowest BCUT2D eigenvalue weighted by Crippen LogP contribution is -2.07. The number of hydrogen-bond donors (Lipinski definition) is 1. The van der Waals surface area contributed by atoms with Crippen LogP contribution in [0.15, 0.2) is 35.5 Å². The Morgan fingerprint density at radius 3 is 2.67 bits per heavy atom. The number of rotatable bonds is 4. The monoisotopic (exact) mass is 333 g/mol. The minimum Gasteiger partial charge on any atom is -0.366 e. The van der Waals surface area contributed by atoms with Gasteiger partial charge in [-0.05, 0) is 24.0 Å². The van der Waals surface area contributed by atoms with Gasteiger partial charge in [-0.25, -0.2) is 9.97 Å². The quantitative estimate of drug-likeness (QED) is 0.508. The van der Waals surface area contributed by atoms with Gasteiger partial charge < -0.3 is 5.32 Å². The van der Waals surface area contributed by atoms with Crippen LogP contribution in [-0.2, 0) is 12.7 Å². The SMILES string of the molecule is CSc1nc(Cl)cc(NCc2cccc(C(F)(F)F)c2)n1. The van der Waals surface area contributed by atoms with Gasteiger partial charge in [-0.1, -0.05) is 35.5 Å². The molecule has 1 aromatic carbocycles. The molecule has 0 spiro atoms. The molecule has 0 saturated carbocycles. The molecular weight excluding hydrogens is 323 g/mol. The van der Waals surface area contributed by atoms with Gasteiger partial charge >= 0.3 is 6.18 Å². The summed E-state index contributed by atoms with van der Waals surface area (Å²) in [4.78, 5) is 8.15. The third kappa shape index (κ3) is 4.50. The Bertz CT molecular complexity index is 634. The maximum atomic E-state index is 12.6. The molecule has 0 fully saturated rings. The standard InChI is InChI=1S/C13H11ClF3N3S/c1-21-12-19-10(14)6-11(20-12)18-7-8-3-2-4-9(5-8)13(15,16)17/h2-6H,7H2,1H3,(H,18,19,20). The molecular formula is C13H11ClF3N3S. The molecule has 0 aliphatic rings. The second kappa shape index (κ2) is 6.53. The highest BCUT2D eigenvalue weighted by atomic mass is 35.5. The first-order valence-electron chi connectivity index (χ1n) is 5.87. The first-order chi connectivity index (χ1) is 9.88. The molecule has 0 aliphatic heterocycles. The molecule has 0 amide bonds. The number of nitrogens with one attached hydrogen (secondary N) is 1. The van der Waals surface area contributed by atoms with Crippen molar-refractivity contribution >= 4 is 29.2 Å². The summed E-state index contributed by atoms with van der Waals surface area (Å²) < 4.78 is 37.9. The summed E-state index contributed by atoms with van der Waals surface area (Å²) >= 11 is 7.17. The highest BCUT2D eigenvalue weighted by Crippen LogP contribution is 2.29. The van der Waals surface area contributed by atoms with E-state index in [1.165, 1.54) is 23.9 Å². The number of halogens is 4. The lowest BCUT2D eigenvalue weighted by molar-refractivity contribution is -0.137. The first-order valence-corrected chi connectivity index (χ1v) is 7.47. The Morgan fingerprint density at radius 1 is 1.24 bits per heavy atom. The maximum absolute atomic E-state index is 12.6. The number of aromatic nitrogens is 2. The number of alkyl halides is 3. The molecule has 0 radical (unpaired) electrons. The highest BCUT2D eigenvalue weighted by Gasteiger charge is 2.30. The predicted molar refractivity (Wildman–Crippen MR) is 77.6 cm³/mol.